The lowest BCUT2D eigenvalue weighted by Crippen LogP contribution is -1.99. The van der Waals surface area contributed by atoms with E-state index in [1.807, 2.05) is 26.0 Å². The van der Waals surface area contributed by atoms with Gasteiger partial charge in [0.1, 0.15) is 11.6 Å². The van der Waals surface area contributed by atoms with Crippen LogP contribution in [0.25, 0.3) is 10.9 Å². The van der Waals surface area contributed by atoms with Crippen LogP contribution in [0.3, 0.4) is 0 Å². The maximum atomic E-state index is 5.78. The van der Waals surface area contributed by atoms with E-state index in [1.165, 1.54) is 0 Å². The van der Waals surface area contributed by atoms with Gasteiger partial charge < -0.3 is 11.5 Å². The minimum Gasteiger partial charge on any atom is -0.398 e. The molecular formula is C10H12N4. The largest absolute Gasteiger partial charge is 0.398 e. The van der Waals surface area contributed by atoms with Crippen molar-refractivity contribution in [2.75, 3.05) is 11.5 Å². The number of nitrogens with zero attached hydrogens (tertiary/aromatic N) is 2. The average Bonchev–Trinajstić information content (AvgIpc) is 2.08. The van der Waals surface area contributed by atoms with E-state index in [4.69, 9.17) is 11.5 Å². The molecule has 2 rings (SSSR count). The van der Waals surface area contributed by atoms with Crippen LogP contribution in [0.1, 0.15) is 11.4 Å². The lowest BCUT2D eigenvalue weighted by atomic mass is 10.1. The van der Waals surface area contributed by atoms with Crippen molar-refractivity contribution in [2.24, 2.45) is 0 Å². The molecule has 0 fully saturated rings. The van der Waals surface area contributed by atoms with E-state index < -0.39 is 0 Å². The average molecular weight is 188 g/mol. The van der Waals surface area contributed by atoms with Gasteiger partial charge in [-0.2, -0.15) is 0 Å². The summed E-state index contributed by atoms with van der Waals surface area (Å²) in [5.74, 6) is 1.17. The molecule has 1 aromatic heterocycles. The fourth-order valence-corrected chi connectivity index (χ4v) is 1.44. The number of hydrogen-bond acceptors (Lipinski definition) is 4. The van der Waals surface area contributed by atoms with E-state index in [0.717, 1.165) is 22.2 Å². The molecule has 1 heterocycles. The molecule has 0 saturated carbocycles. The Bertz CT molecular complexity index is 505. The number of anilines is 2. The molecule has 0 unspecified atom stereocenters. The van der Waals surface area contributed by atoms with Crippen molar-refractivity contribution in [3.8, 4) is 0 Å². The Morgan fingerprint density at radius 2 is 1.79 bits per heavy atom. The van der Waals surface area contributed by atoms with Crippen LogP contribution in [-0.4, -0.2) is 9.97 Å². The van der Waals surface area contributed by atoms with Gasteiger partial charge in [0.2, 0.25) is 0 Å². The highest BCUT2D eigenvalue weighted by Gasteiger charge is 2.04. The van der Waals surface area contributed by atoms with Crippen molar-refractivity contribution in [3.05, 3.63) is 23.5 Å². The van der Waals surface area contributed by atoms with Gasteiger partial charge in [0.15, 0.2) is 0 Å². The third-order valence-electron chi connectivity index (χ3n) is 2.22. The fraction of sp³-hybridized carbons (Fsp3) is 0.200. The standard InChI is InChI=1S/C10H12N4/c1-5-3-9-7(4-8(5)11)10(12)14-6(2)13-9/h3-4H,11H2,1-2H3,(H2,12,13,14). The zero-order valence-electron chi connectivity index (χ0n) is 8.20. The quantitative estimate of drug-likeness (QED) is 0.613. The number of fused-ring (bicyclic) bond motifs is 1. The van der Waals surface area contributed by atoms with Crippen LogP contribution in [0, 0.1) is 13.8 Å². The van der Waals surface area contributed by atoms with Gasteiger partial charge in [-0.1, -0.05) is 0 Å². The fourth-order valence-electron chi connectivity index (χ4n) is 1.44. The second-order valence-corrected chi connectivity index (χ2v) is 3.38. The van der Waals surface area contributed by atoms with Crippen LogP contribution in [0.2, 0.25) is 0 Å². The van der Waals surface area contributed by atoms with E-state index in [0.29, 0.717) is 11.6 Å². The van der Waals surface area contributed by atoms with Gasteiger partial charge in [-0.25, -0.2) is 9.97 Å². The van der Waals surface area contributed by atoms with Crippen molar-refractivity contribution < 1.29 is 0 Å². The lowest BCUT2D eigenvalue weighted by Gasteiger charge is -2.05. The van der Waals surface area contributed by atoms with E-state index in [1.54, 1.807) is 0 Å². The van der Waals surface area contributed by atoms with E-state index in [2.05, 4.69) is 9.97 Å². The highest BCUT2D eigenvalue weighted by atomic mass is 14.9. The number of hydrogen-bond donors (Lipinski definition) is 2. The number of aryl methyl sites for hydroxylation is 2. The summed E-state index contributed by atoms with van der Waals surface area (Å²) < 4.78 is 0. The zero-order valence-corrected chi connectivity index (χ0v) is 8.20. The zero-order chi connectivity index (χ0) is 10.3. The Morgan fingerprint density at radius 1 is 1.07 bits per heavy atom. The van der Waals surface area contributed by atoms with Crippen molar-refractivity contribution in [2.45, 2.75) is 13.8 Å². The summed E-state index contributed by atoms with van der Waals surface area (Å²) in [5, 5.41) is 0.818. The predicted octanol–water partition coefficient (Wildman–Crippen LogP) is 1.41. The Hall–Kier alpha value is -1.84. The molecule has 0 aliphatic carbocycles. The Labute approximate surface area is 82.0 Å². The molecule has 4 nitrogen and oxygen atoms in total. The smallest absolute Gasteiger partial charge is 0.135 e. The molecule has 1 aromatic carbocycles. The maximum Gasteiger partial charge on any atom is 0.135 e. The summed E-state index contributed by atoms with van der Waals surface area (Å²) >= 11 is 0. The third-order valence-corrected chi connectivity index (χ3v) is 2.22. The normalized spacial score (nSPS) is 10.7. The molecule has 2 aromatic rings. The van der Waals surface area contributed by atoms with Gasteiger partial charge in [-0.15, -0.1) is 0 Å². The first kappa shape index (κ1) is 8.74. The minimum absolute atomic E-state index is 0.485. The second kappa shape index (κ2) is 2.83. The predicted molar refractivity (Wildman–Crippen MR) is 57.8 cm³/mol. The molecule has 4 N–H and O–H groups in total. The highest BCUT2D eigenvalue weighted by Crippen LogP contribution is 2.23. The third kappa shape index (κ3) is 1.25. The topological polar surface area (TPSA) is 77.8 Å². The van der Waals surface area contributed by atoms with Crippen molar-refractivity contribution in [3.63, 3.8) is 0 Å². The number of rotatable bonds is 0. The van der Waals surface area contributed by atoms with Gasteiger partial charge in [-0.05, 0) is 31.5 Å². The van der Waals surface area contributed by atoms with Gasteiger partial charge >= 0.3 is 0 Å². The molecule has 0 saturated heterocycles. The van der Waals surface area contributed by atoms with Gasteiger partial charge in [0.05, 0.1) is 5.52 Å². The van der Waals surface area contributed by atoms with E-state index in [9.17, 15) is 0 Å². The van der Waals surface area contributed by atoms with Crippen molar-refractivity contribution >= 4 is 22.4 Å². The first-order valence-corrected chi connectivity index (χ1v) is 4.38. The molecule has 4 heteroatoms. The summed E-state index contributed by atoms with van der Waals surface area (Å²) in [4.78, 5) is 8.38. The maximum absolute atomic E-state index is 5.78. The summed E-state index contributed by atoms with van der Waals surface area (Å²) in [6.07, 6.45) is 0. The van der Waals surface area contributed by atoms with E-state index in [-0.39, 0.29) is 0 Å². The highest BCUT2D eigenvalue weighted by molar-refractivity contribution is 5.91. The van der Waals surface area contributed by atoms with Crippen LogP contribution < -0.4 is 11.5 Å². The molecule has 0 spiro atoms. The van der Waals surface area contributed by atoms with Gasteiger partial charge in [-0.3, -0.25) is 0 Å². The van der Waals surface area contributed by atoms with Crippen LogP contribution >= 0.6 is 0 Å². The number of aromatic nitrogens is 2. The second-order valence-electron chi connectivity index (χ2n) is 3.38. The molecule has 0 radical (unpaired) electrons. The molecule has 0 atom stereocenters. The van der Waals surface area contributed by atoms with E-state index >= 15 is 0 Å². The number of nitrogen functional groups attached to an aromatic ring is 2. The number of nitrogens with two attached hydrogens (primary N) is 2. The summed E-state index contributed by atoms with van der Waals surface area (Å²) in [5.41, 5.74) is 14.1. The van der Waals surface area contributed by atoms with Crippen molar-refractivity contribution in [1.82, 2.24) is 9.97 Å². The Balaban J connectivity index is 2.89. The Kier molecular flexibility index (Phi) is 1.77. The van der Waals surface area contributed by atoms with Crippen LogP contribution in [0.5, 0.6) is 0 Å². The van der Waals surface area contributed by atoms with Crippen LogP contribution in [-0.2, 0) is 0 Å². The van der Waals surface area contributed by atoms with Crippen LogP contribution in [0.15, 0.2) is 12.1 Å². The Morgan fingerprint density at radius 3 is 2.50 bits per heavy atom. The molecule has 14 heavy (non-hydrogen) atoms. The SMILES string of the molecule is Cc1nc(N)c2cc(N)c(C)cc2n1. The summed E-state index contributed by atoms with van der Waals surface area (Å²) in [6.45, 7) is 3.77. The van der Waals surface area contributed by atoms with Gasteiger partial charge in [0.25, 0.3) is 0 Å². The monoisotopic (exact) mass is 188 g/mol. The first-order chi connectivity index (χ1) is 6.58. The minimum atomic E-state index is 0.485. The van der Waals surface area contributed by atoms with Gasteiger partial charge in [0, 0.05) is 11.1 Å². The molecule has 0 aliphatic heterocycles. The van der Waals surface area contributed by atoms with Crippen molar-refractivity contribution in [1.29, 1.82) is 0 Å². The number of benzene rings is 1. The summed E-state index contributed by atoms with van der Waals surface area (Å²) in [6, 6.07) is 3.75. The first-order valence-electron chi connectivity index (χ1n) is 4.38. The molecule has 72 valence electrons. The van der Waals surface area contributed by atoms with Crippen LogP contribution in [0.4, 0.5) is 11.5 Å². The summed E-state index contributed by atoms with van der Waals surface area (Å²) in [7, 11) is 0. The molecule has 0 amide bonds. The molecule has 0 bridgehead atoms. The molecule has 0 aliphatic rings. The lowest BCUT2D eigenvalue weighted by molar-refractivity contribution is 1.10. The molecular weight excluding hydrogens is 176 g/mol.